The molecular weight excluding hydrogens is 248 g/mol. The van der Waals surface area contributed by atoms with E-state index in [4.69, 9.17) is 0 Å². The fraction of sp³-hybridized carbons (Fsp3) is 0.118. The Balaban J connectivity index is 2.22. The first kappa shape index (κ1) is 12.5. The van der Waals surface area contributed by atoms with Crippen LogP contribution in [0.1, 0.15) is 11.3 Å². The summed E-state index contributed by atoms with van der Waals surface area (Å²) in [5.41, 5.74) is 4.88. The number of hydrogen-bond acceptors (Lipinski definition) is 1. The number of aryl methyl sites for hydroxylation is 1. The van der Waals surface area contributed by atoms with Crippen LogP contribution in [-0.4, -0.2) is 4.57 Å². The standard InChI is InChI=1S/C17H16N2O/c1-13-8-10-16(11-9-13)18-12-19(20)14(2)17(18)15-6-4-3-5-7-15/h3-12H,1-2H3. The molecule has 0 bridgehead atoms. The van der Waals surface area contributed by atoms with Gasteiger partial charge in [-0.3, -0.25) is 0 Å². The van der Waals surface area contributed by atoms with Gasteiger partial charge >= 0.3 is 0 Å². The van der Waals surface area contributed by atoms with Crippen LogP contribution < -0.4 is 4.73 Å². The van der Waals surface area contributed by atoms with Crippen molar-refractivity contribution in [3.8, 4) is 16.9 Å². The van der Waals surface area contributed by atoms with E-state index in [9.17, 15) is 5.21 Å². The summed E-state index contributed by atoms with van der Waals surface area (Å²) in [6.45, 7) is 3.90. The van der Waals surface area contributed by atoms with Crippen LogP contribution in [-0.2, 0) is 0 Å². The summed E-state index contributed by atoms with van der Waals surface area (Å²) in [4.78, 5) is 0. The Morgan fingerprint density at radius 1 is 0.900 bits per heavy atom. The minimum absolute atomic E-state index is 0.705. The summed E-state index contributed by atoms with van der Waals surface area (Å²) >= 11 is 0. The highest BCUT2D eigenvalue weighted by Crippen LogP contribution is 2.25. The van der Waals surface area contributed by atoms with Gasteiger partial charge in [-0.15, -0.1) is 0 Å². The summed E-state index contributed by atoms with van der Waals surface area (Å²) in [5, 5.41) is 12.0. The lowest BCUT2D eigenvalue weighted by Crippen LogP contribution is -2.26. The topological polar surface area (TPSA) is 31.9 Å². The van der Waals surface area contributed by atoms with Crippen LogP contribution in [0.3, 0.4) is 0 Å². The summed E-state index contributed by atoms with van der Waals surface area (Å²) in [6.07, 6.45) is 1.59. The molecule has 0 N–H and O–H groups in total. The van der Waals surface area contributed by atoms with Gasteiger partial charge in [0.25, 0.3) is 6.33 Å². The molecule has 0 amide bonds. The molecule has 3 aromatic rings. The van der Waals surface area contributed by atoms with Gasteiger partial charge in [0.05, 0.1) is 0 Å². The molecule has 0 spiro atoms. The molecule has 3 heteroatoms. The van der Waals surface area contributed by atoms with E-state index in [-0.39, 0.29) is 0 Å². The second-order valence-corrected chi connectivity index (χ2v) is 4.95. The molecule has 0 aliphatic heterocycles. The first-order chi connectivity index (χ1) is 9.66. The van der Waals surface area contributed by atoms with Crippen LogP contribution in [0.15, 0.2) is 60.9 Å². The van der Waals surface area contributed by atoms with Gasteiger partial charge in [-0.1, -0.05) is 48.0 Å². The largest absolute Gasteiger partial charge is 0.711 e. The molecule has 0 aliphatic carbocycles. The zero-order valence-electron chi connectivity index (χ0n) is 11.6. The van der Waals surface area contributed by atoms with Gasteiger partial charge in [0.15, 0.2) is 11.4 Å². The van der Waals surface area contributed by atoms with E-state index < -0.39 is 0 Å². The summed E-state index contributed by atoms with van der Waals surface area (Å²) in [5.74, 6) is 0. The van der Waals surface area contributed by atoms with Crippen LogP contribution in [0.4, 0.5) is 0 Å². The number of hydrogen-bond donors (Lipinski definition) is 0. The number of nitrogens with zero attached hydrogens (tertiary/aromatic N) is 2. The van der Waals surface area contributed by atoms with Gasteiger partial charge in [-0.05, 0) is 19.1 Å². The van der Waals surface area contributed by atoms with E-state index in [1.165, 1.54) is 5.56 Å². The minimum Gasteiger partial charge on any atom is -0.711 e. The molecule has 2 aromatic carbocycles. The normalized spacial score (nSPS) is 10.7. The van der Waals surface area contributed by atoms with Crippen molar-refractivity contribution in [2.45, 2.75) is 13.8 Å². The van der Waals surface area contributed by atoms with Crippen molar-refractivity contribution in [3.05, 3.63) is 77.4 Å². The quantitative estimate of drug-likeness (QED) is 0.515. The third-order valence-corrected chi connectivity index (χ3v) is 3.49. The summed E-state index contributed by atoms with van der Waals surface area (Å²) in [7, 11) is 0. The van der Waals surface area contributed by atoms with Crippen LogP contribution in [0.5, 0.6) is 0 Å². The molecule has 0 fully saturated rings. The van der Waals surface area contributed by atoms with E-state index in [1.54, 1.807) is 6.33 Å². The number of rotatable bonds is 2. The van der Waals surface area contributed by atoms with E-state index in [1.807, 2.05) is 54.0 Å². The van der Waals surface area contributed by atoms with E-state index >= 15 is 0 Å². The summed E-state index contributed by atoms with van der Waals surface area (Å²) in [6, 6.07) is 18.1. The molecule has 0 saturated carbocycles. The Labute approximate surface area is 118 Å². The SMILES string of the molecule is Cc1ccc(-n2c[n+]([O-])c(C)c2-c2ccccc2)cc1. The Bertz CT molecular complexity index is 728. The van der Waals surface area contributed by atoms with Crippen LogP contribution in [0.25, 0.3) is 16.9 Å². The fourth-order valence-corrected chi connectivity index (χ4v) is 2.37. The zero-order chi connectivity index (χ0) is 14.1. The molecule has 3 nitrogen and oxygen atoms in total. The number of benzene rings is 2. The van der Waals surface area contributed by atoms with Crippen LogP contribution >= 0.6 is 0 Å². The average Bonchev–Trinajstić information content (AvgIpc) is 2.77. The second-order valence-electron chi connectivity index (χ2n) is 4.95. The third-order valence-electron chi connectivity index (χ3n) is 3.49. The molecule has 100 valence electrons. The zero-order valence-corrected chi connectivity index (χ0v) is 11.6. The van der Waals surface area contributed by atoms with E-state index in [0.717, 1.165) is 21.7 Å². The highest BCUT2D eigenvalue weighted by atomic mass is 16.5. The molecule has 0 unspecified atom stereocenters. The maximum Gasteiger partial charge on any atom is 0.252 e. The van der Waals surface area contributed by atoms with Gasteiger partial charge in [0.1, 0.15) is 5.69 Å². The van der Waals surface area contributed by atoms with Gasteiger partial charge in [0.2, 0.25) is 0 Å². The molecule has 0 aliphatic rings. The molecule has 1 aromatic heterocycles. The Morgan fingerprint density at radius 3 is 2.20 bits per heavy atom. The Kier molecular flexibility index (Phi) is 3.03. The first-order valence-corrected chi connectivity index (χ1v) is 6.60. The van der Waals surface area contributed by atoms with Crippen molar-refractivity contribution in [1.29, 1.82) is 0 Å². The smallest absolute Gasteiger partial charge is 0.252 e. The average molecular weight is 264 g/mol. The van der Waals surface area contributed by atoms with Gasteiger partial charge in [-0.25, -0.2) is 4.73 Å². The Morgan fingerprint density at radius 2 is 1.55 bits per heavy atom. The number of imidazole rings is 1. The first-order valence-electron chi connectivity index (χ1n) is 6.60. The molecule has 1 heterocycles. The van der Waals surface area contributed by atoms with Crippen molar-refractivity contribution >= 4 is 0 Å². The monoisotopic (exact) mass is 264 g/mol. The third kappa shape index (κ3) is 2.07. The van der Waals surface area contributed by atoms with Crippen molar-refractivity contribution in [2.75, 3.05) is 0 Å². The van der Waals surface area contributed by atoms with Crippen molar-refractivity contribution in [2.24, 2.45) is 0 Å². The van der Waals surface area contributed by atoms with E-state index in [2.05, 4.69) is 19.1 Å². The summed E-state index contributed by atoms with van der Waals surface area (Å²) < 4.78 is 2.86. The lowest BCUT2D eigenvalue weighted by atomic mass is 10.1. The van der Waals surface area contributed by atoms with Gasteiger partial charge in [0, 0.05) is 12.5 Å². The maximum absolute atomic E-state index is 12.0. The Hall–Kier alpha value is -2.55. The van der Waals surface area contributed by atoms with Gasteiger partial charge in [-0.2, -0.15) is 4.57 Å². The highest BCUT2D eigenvalue weighted by molar-refractivity contribution is 5.63. The second kappa shape index (κ2) is 4.85. The molecular formula is C17H16N2O. The highest BCUT2D eigenvalue weighted by Gasteiger charge is 2.19. The van der Waals surface area contributed by atoms with Gasteiger partial charge < -0.3 is 5.21 Å². The number of aromatic nitrogens is 2. The predicted molar refractivity (Wildman–Crippen MR) is 79.6 cm³/mol. The van der Waals surface area contributed by atoms with Crippen molar-refractivity contribution in [1.82, 2.24) is 4.57 Å². The van der Waals surface area contributed by atoms with Crippen molar-refractivity contribution < 1.29 is 4.73 Å². The molecule has 0 saturated heterocycles. The maximum atomic E-state index is 12.0. The lowest BCUT2D eigenvalue weighted by Gasteiger charge is -2.03. The molecule has 20 heavy (non-hydrogen) atoms. The lowest BCUT2D eigenvalue weighted by molar-refractivity contribution is -0.610. The fourth-order valence-electron chi connectivity index (χ4n) is 2.37. The molecule has 0 radical (unpaired) electrons. The van der Waals surface area contributed by atoms with Crippen LogP contribution in [0, 0.1) is 19.1 Å². The van der Waals surface area contributed by atoms with Crippen molar-refractivity contribution in [3.63, 3.8) is 0 Å². The predicted octanol–water partition coefficient (Wildman–Crippen LogP) is 3.39. The molecule has 0 atom stereocenters. The van der Waals surface area contributed by atoms with Crippen LogP contribution in [0.2, 0.25) is 0 Å². The molecule has 3 rings (SSSR count). The van der Waals surface area contributed by atoms with E-state index in [0.29, 0.717) is 5.69 Å². The minimum atomic E-state index is 0.705.